The maximum Gasteiger partial charge on any atom is 0.239 e. The Balaban J connectivity index is 2.13. The molecule has 6 nitrogen and oxygen atoms in total. The monoisotopic (exact) mass is 679 g/mol. The summed E-state index contributed by atoms with van der Waals surface area (Å²) in [4.78, 5) is 27.8. The Kier molecular flexibility index (Phi) is 29.7. The highest BCUT2D eigenvalue weighted by Gasteiger charge is 2.34. The number of nitrogens with one attached hydrogen (secondary N) is 1. The maximum atomic E-state index is 13.2. The van der Waals surface area contributed by atoms with Crippen LogP contribution in [0.15, 0.2) is 0 Å². The number of unbranched alkanes of at least 4 members (excludes halogenated alkanes) is 27. The number of amides is 2. The zero-order valence-corrected chi connectivity index (χ0v) is 32.7. The average molecular weight is 679 g/mol. The van der Waals surface area contributed by atoms with Crippen molar-refractivity contribution < 1.29 is 19.1 Å². The van der Waals surface area contributed by atoms with E-state index in [0.29, 0.717) is 26.1 Å². The molecule has 284 valence electrons. The number of carbonyl (C=O) groups excluding carboxylic acids is 2. The summed E-state index contributed by atoms with van der Waals surface area (Å²) in [5.41, 5.74) is 0. The molecule has 0 aliphatic carbocycles. The van der Waals surface area contributed by atoms with Crippen LogP contribution in [0.4, 0.5) is 0 Å². The third-order valence-electron chi connectivity index (χ3n) is 10.0. The van der Waals surface area contributed by atoms with Gasteiger partial charge in [-0.1, -0.05) is 187 Å². The average Bonchev–Trinajstić information content (AvgIpc) is 3.41. The van der Waals surface area contributed by atoms with Crippen LogP contribution in [0.2, 0.25) is 0 Å². The van der Waals surface area contributed by atoms with Crippen molar-refractivity contribution >= 4 is 11.8 Å². The Labute approximate surface area is 299 Å². The lowest BCUT2D eigenvalue weighted by atomic mass is 10.0. The van der Waals surface area contributed by atoms with Crippen LogP contribution in [0.3, 0.4) is 0 Å². The highest BCUT2D eigenvalue weighted by atomic mass is 16.7. The minimum atomic E-state index is -0.635. The summed E-state index contributed by atoms with van der Waals surface area (Å²) in [7, 11) is 0. The van der Waals surface area contributed by atoms with Gasteiger partial charge in [0.05, 0.1) is 13.2 Å². The summed E-state index contributed by atoms with van der Waals surface area (Å²) in [6.45, 7) is 10.0. The number of hydrogen-bond acceptors (Lipinski definition) is 4. The molecule has 2 amide bonds. The second-order valence-electron chi connectivity index (χ2n) is 15.4. The van der Waals surface area contributed by atoms with Crippen molar-refractivity contribution in [2.24, 2.45) is 0 Å². The molecule has 1 saturated heterocycles. The lowest BCUT2D eigenvalue weighted by molar-refractivity contribution is -0.148. The van der Waals surface area contributed by atoms with E-state index in [1.807, 2.05) is 13.8 Å². The molecular weight excluding hydrogens is 596 g/mol. The molecule has 0 aromatic rings. The Morgan fingerprint density at radius 3 is 1.33 bits per heavy atom. The summed E-state index contributed by atoms with van der Waals surface area (Å²) >= 11 is 0. The molecule has 1 N–H and O–H groups in total. The van der Waals surface area contributed by atoms with Gasteiger partial charge in [0.15, 0.2) is 5.79 Å². The summed E-state index contributed by atoms with van der Waals surface area (Å²) in [5.74, 6) is -0.638. The molecule has 1 rings (SSSR count). The van der Waals surface area contributed by atoms with Gasteiger partial charge >= 0.3 is 0 Å². The molecule has 1 heterocycles. The van der Waals surface area contributed by atoms with Crippen LogP contribution in [0.5, 0.6) is 0 Å². The molecule has 0 radical (unpaired) electrons. The van der Waals surface area contributed by atoms with Crippen molar-refractivity contribution in [3.8, 4) is 0 Å². The maximum absolute atomic E-state index is 13.2. The molecule has 48 heavy (non-hydrogen) atoms. The van der Waals surface area contributed by atoms with Crippen LogP contribution in [0.25, 0.3) is 0 Å². The largest absolute Gasteiger partial charge is 0.355 e. The summed E-state index contributed by atoms with van der Waals surface area (Å²) in [5, 5.41) is 3.07. The minimum Gasteiger partial charge on any atom is -0.355 e. The van der Waals surface area contributed by atoms with E-state index in [9.17, 15) is 9.59 Å². The van der Waals surface area contributed by atoms with Gasteiger partial charge in [-0.2, -0.15) is 0 Å². The van der Waals surface area contributed by atoms with E-state index in [1.54, 1.807) is 4.90 Å². The first-order valence-corrected chi connectivity index (χ1v) is 21.2. The Morgan fingerprint density at radius 2 is 0.958 bits per heavy atom. The summed E-state index contributed by atoms with van der Waals surface area (Å²) in [6, 6.07) is 0. The first-order chi connectivity index (χ1) is 23.4. The van der Waals surface area contributed by atoms with Crippen LogP contribution >= 0.6 is 0 Å². The highest BCUT2D eigenvalue weighted by molar-refractivity contribution is 5.84. The van der Waals surface area contributed by atoms with Crippen molar-refractivity contribution in [2.75, 3.05) is 26.2 Å². The van der Waals surface area contributed by atoms with Crippen LogP contribution in [-0.2, 0) is 19.1 Å². The molecule has 1 unspecified atom stereocenters. The van der Waals surface area contributed by atoms with E-state index in [0.717, 1.165) is 25.7 Å². The van der Waals surface area contributed by atoms with Crippen molar-refractivity contribution in [1.82, 2.24) is 10.2 Å². The number of ether oxygens (including phenoxy) is 2. The molecule has 0 aromatic heterocycles. The van der Waals surface area contributed by atoms with E-state index in [4.69, 9.17) is 9.47 Å². The quantitative estimate of drug-likeness (QED) is 0.0677. The second-order valence-corrected chi connectivity index (χ2v) is 15.4. The number of carbonyl (C=O) groups is 2. The molecule has 1 aliphatic rings. The smallest absolute Gasteiger partial charge is 0.239 e. The Morgan fingerprint density at radius 1 is 0.583 bits per heavy atom. The molecule has 1 fully saturated rings. The van der Waals surface area contributed by atoms with Crippen molar-refractivity contribution in [3.63, 3.8) is 0 Å². The minimum absolute atomic E-state index is 0.0592. The van der Waals surface area contributed by atoms with Gasteiger partial charge in [0.1, 0.15) is 6.10 Å². The van der Waals surface area contributed by atoms with Gasteiger partial charge in [0.25, 0.3) is 0 Å². The van der Waals surface area contributed by atoms with Gasteiger partial charge in [0.2, 0.25) is 11.8 Å². The van der Waals surface area contributed by atoms with E-state index < -0.39 is 5.79 Å². The molecule has 6 heteroatoms. The van der Waals surface area contributed by atoms with Gasteiger partial charge < -0.3 is 19.7 Å². The van der Waals surface area contributed by atoms with Crippen LogP contribution in [0, 0.1) is 0 Å². The van der Waals surface area contributed by atoms with Crippen molar-refractivity contribution in [2.45, 2.75) is 232 Å². The number of nitrogens with zero attached hydrogens (tertiary/aromatic N) is 1. The topological polar surface area (TPSA) is 67.9 Å². The number of hydrogen-bond donors (Lipinski definition) is 1. The molecule has 0 aromatic carbocycles. The van der Waals surface area contributed by atoms with Crippen LogP contribution < -0.4 is 5.32 Å². The molecular formula is C42H82N2O4. The van der Waals surface area contributed by atoms with E-state index in [1.165, 1.54) is 161 Å². The van der Waals surface area contributed by atoms with Gasteiger partial charge in [0, 0.05) is 19.5 Å². The molecule has 0 bridgehead atoms. The fourth-order valence-corrected chi connectivity index (χ4v) is 6.94. The molecule has 1 atom stereocenters. The third-order valence-corrected chi connectivity index (χ3v) is 10.0. The highest BCUT2D eigenvalue weighted by Crippen LogP contribution is 2.23. The fraction of sp³-hybridized carbons (Fsp3) is 0.952. The lowest BCUT2D eigenvalue weighted by Gasteiger charge is -2.25. The first kappa shape index (κ1) is 44.9. The lowest BCUT2D eigenvalue weighted by Crippen LogP contribution is -2.45. The zero-order chi connectivity index (χ0) is 35.0. The predicted molar refractivity (Wildman–Crippen MR) is 204 cm³/mol. The van der Waals surface area contributed by atoms with Gasteiger partial charge in [-0.15, -0.1) is 0 Å². The predicted octanol–water partition coefficient (Wildman–Crippen LogP) is 11.8. The summed E-state index contributed by atoms with van der Waals surface area (Å²) in [6.07, 6.45) is 38.5. The third kappa shape index (κ3) is 27.7. The van der Waals surface area contributed by atoms with Crippen LogP contribution in [0.1, 0.15) is 220 Å². The van der Waals surface area contributed by atoms with Crippen LogP contribution in [-0.4, -0.2) is 54.8 Å². The van der Waals surface area contributed by atoms with E-state index >= 15 is 0 Å². The molecule has 1 aliphatic heterocycles. The fourth-order valence-electron chi connectivity index (χ4n) is 6.94. The normalized spacial score (nSPS) is 15.6. The Bertz CT molecular complexity index is 743. The number of rotatable bonds is 35. The first-order valence-electron chi connectivity index (χ1n) is 21.2. The van der Waals surface area contributed by atoms with Gasteiger partial charge in [-0.3, -0.25) is 9.59 Å². The van der Waals surface area contributed by atoms with Gasteiger partial charge in [-0.05, 0) is 26.7 Å². The second kappa shape index (κ2) is 31.8. The molecule has 0 saturated carbocycles. The Hall–Kier alpha value is -1.14. The van der Waals surface area contributed by atoms with Crippen molar-refractivity contribution in [3.05, 3.63) is 0 Å². The zero-order valence-electron chi connectivity index (χ0n) is 32.7. The SMILES string of the molecule is CCCCCCCCCCCCCCCCCCNC(=O)CN(CC1COC(C)(C)O1)C(=O)CCCCCCCCCCCCCCC. The van der Waals surface area contributed by atoms with E-state index in [2.05, 4.69) is 19.2 Å². The molecule has 0 spiro atoms. The standard InChI is InChI=1S/C42H82N2O4/c1-5-7-9-11-13-15-17-19-20-21-23-25-27-29-31-33-35-43-40(45)37-44(36-39-38-47-42(3,4)48-39)41(46)34-32-30-28-26-24-22-18-16-14-12-10-8-6-2/h39H,5-38H2,1-4H3,(H,43,45). The van der Waals surface area contributed by atoms with E-state index in [-0.39, 0.29) is 24.5 Å². The van der Waals surface area contributed by atoms with Gasteiger partial charge in [-0.25, -0.2) is 0 Å². The van der Waals surface area contributed by atoms with Crippen molar-refractivity contribution in [1.29, 1.82) is 0 Å². The summed E-state index contributed by atoms with van der Waals surface area (Å²) < 4.78 is 11.7.